The van der Waals surface area contributed by atoms with E-state index in [9.17, 15) is 4.79 Å². The fourth-order valence-electron chi connectivity index (χ4n) is 2.00. The molecular weight excluding hydrogens is 262 g/mol. The third-order valence-electron chi connectivity index (χ3n) is 3.32. The quantitative estimate of drug-likeness (QED) is 0.917. The van der Waals surface area contributed by atoms with E-state index in [1.165, 1.54) is 29.9 Å². The first kappa shape index (κ1) is 12.4. The molecule has 2 nitrogen and oxygen atoms in total. The first-order valence-corrected chi connectivity index (χ1v) is 8.54. The molecule has 0 radical (unpaired) electrons. The Kier molecular flexibility index (Phi) is 3.85. The summed E-state index contributed by atoms with van der Waals surface area (Å²) in [6, 6.07) is 8.11. The van der Waals surface area contributed by atoms with E-state index >= 15 is 0 Å². The molecule has 0 atom stereocenters. The van der Waals surface area contributed by atoms with Crippen LogP contribution in [0.2, 0.25) is 0 Å². The van der Waals surface area contributed by atoms with Gasteiger partial charge in [0, 0.05) is 23.6 Å². The van der Waals surface area contributed by atoms with Gasteiger partial charge in [-0.15, -0.1) is 23.5 Å². The lowest BCUT2D eigenvalue weighted by molar-refractivity contribution is 0.0952. The molecule has 4 heteroatoms. The molecule has 0 spiro atoms. The smallest absolute Gasteiger partial charge is 0.251 e. The Bertz CT molecular complexity index is 422. The van der Waals surface area contributed by atoms with Crippen LogP contribution in [0.1, 0.15) is 33.3 Å². The fourth-order valence-corrected chi connectivity index (χ4v) is 4.86. The van der Waals surface area contributed by atoms with Crippen LogP contribution in [-0.4, -0.2) is 24.0 Å². The van der Waals surface area contributed by atoms with Crippen molar-refractivity contribution in [1.29, 1.82) is 0 Å². The van der Waals surface area contributed by atoms with Crippen molar-refractivity contribution < 1.29 is 4.79 Å². The third kappa shape index (κ3) is 3.04. The molecule has 1 aromatic carbocycles. The van der Waals surface area contributed by atoms with Crippen LogP contribution < -0.4 is 5.32 Å². The van der Waals surface area contributed by atoms with E-state index in [0.29, 0.717) is 4.58 Å². The lowest BCUT2D eigenvalue weighted by atomic mass is 10.1. The summed E-state index contributed by atoms with van der Waals surface area (Å²) in [7, 11) is 0. The zero-order valence-corrected chi connectivity index (χ0v) is 11.9. The van der Waals surface area contributed by atoms with Crippen LogP contribution in [0.3, 0.4) is 0 Å². The van der Waals surface area contributed by atoms with Crippen molar-refractivity contribution in [2.45, 2.75) is 17.4 Å². The highest BCUT2D eigenvalue weighted by Gasteiger charge is 2.22. The summed E-state index contributed by atoms with van der Waals surface area (Å²) in [4.78, 5) is 11.9. The minimum Gasteiger partial charge on any atom is -0.352 e. The van der Waals surface area contributed by atoms with E-state index in [0.717, 1.165) is 18.0 Å². The Morgan fingerprint density at radius 3 is 2.44 bits per heavy atom. The molecular formula is C14H17NOS2. The summed E-state index contributed by atoms with van der Waals surface area (Å²) in [5, 5.41) is 3.00. The molecule has 1 aliphatic heterocycles. The molecule has 2 fully saturated rings. The Hall–Kier alpha value is -0.610. The largest absolute Gasteiger partial charge is 0.352 e. The Balaban J connectivity index is 1.60. The van der Waals surface area contributed by atoms with Crippen molar-refractivity contribution in [3.63, 3.8) is 0 Å². The van der Waals surface area contributed by atoms with Gasteiger partial charge in [0.25, 0.3) is 5.91 Å². The van der Waals surface area contributed by atoms with Crippen LogP contribution in [0.15, 0.2) is 24.3 Å². The van der Waals surface area contributed by atoms with Gasteiger partial charge in [-0.05, 0) is 36.5 Å². The highest BCUT2D eigenvalue weighted by atomic mass is 32.2. The van der Waals surface area contributed by atoms with Gasteiger partial charge in [-0.25, -0.2) is 0 Å². The molecule has 2 aliphatic rings. The van der Waals surface area contributed by atoms with Crippen LogP contribution in [0.25, 0.3) is 0 Å². The molecule has 0 aromatic heterocycles. The molecule has 0 bridgehead atoms. The molecule has 1 aromatic rings. The van der Waals surface area contributed by atoms with Crippen LogP contribution in [0, 0.1) is 5.92 Å². The molecule has 3 rings (SSSR count). The lowest BCUT2D eigenvalue weighted by Crippen LogP contribution is -2.25. The summed E-state index contributed by atoms with van der Waals surface area (Å²) in [6.07, 6.45) is 2.55. The lowest BCUT2D eigenvalue weighted by Gasteiger charge is -2.09. The van der Waals surface area contributed by atoms with Gasteiger partial charge < -0.3 is 5.32 Å². The van der Waals surface area contributed by atoms with Gasteiger partial charge in [0.2, 0.25) is 0 Å². The highest BCUT2D eigenvalue weighted by Crippen LogP contribution is 2.45. The van der Waals surface area contributed by atoms with E-state index in [2.05, 4.69) is 17.4 Å². The molecule has 1 N–H and O–H groups in total. The van der Waals surface area contributed by atoms with Crippen molar-refractivity contribution >= 4 is 29.4 Å². The summed E-state index contributed by atoms with van der Waals surface area (Å²) in [5.74, 6) is 3.28. The average molecular weight is 279 g/mol. The second-order valence-electron chi connectivity index (χ2n) is 4.85. The van der Waals surface area contributed by atoms with Crippen molar-refractivity contribution in [2.75, 3.05) is 18.1 Å². The predicted octanol–water partition coefficient (Wildman–Crippen LogP) is 3.31. The fraction of sp³-hybridized carbons (Fsp3) is 0.500. The van der Waals surface area contributed by atoms with Gasteiger partial charge in [0.15, 0.2) is 0 Å². The average Bonchev–Trinajstić information content (AvgIpc) is 3.08. The van der Waals surface area contributed by atoms with Crippen molar-refractivity contribution in [3.05, 3.63) is 35.4 Å². The van der Waals surface area contributed by atoms with Gasteiger partial charge in [-0.3, -0.25) is 4.79 Å². The van der Waals surface area contributed by atoms with Crippen molar-refractivity contribution in [2.24, 2.45) is 5.92 Å². The number of hydrogen-bond donors (Lipinski definition) is 1. The molecule has 96 valence electrons. The van der Waals surface area contributed by atoms with E-state index in [1.54, 1.807) is 0 Å². The SMILES string of the molecule is O=C(NCC1CC1)c1ccc(C2SCCS2)cc1. The Morgan fingerprint density at radius 2 is 1.83 bits per heavy atom. The Morgan fingerprint density at radius 1 is 1.17 bits per heavy atom. The number of amides is 1. The second-order valence-corrected chi connectivity index (χ2v) is 7.57. The van der Waals surface area contributed by atoms with E-state index in [-0.39, 0.29) is 5.91 Å². The number of hydrogen-bond acceptors (Lipinski definition) is 3. The van der Waals surface area contributed by atoms with E-state index in [4.69, 9.17) is 0 Å². The first-order chi connectivity index (χ1) is 8.83. The number of rotatable bonds is 4. The molecule has 1 saturated carbocycles. The van der Waals surface area contributed by atoms with Crippen LogP contribution in [0.5, 0.6) is 0 Å². The van der Waals surface area contributed by atoms with Gasteiger partial charge >= 0.3 is 0 Å². The minimum atomic E-state index is 0.0696. The maximum absolute atomic E-state index is 11.9. The summed E-state index contributed by atoms with van der Waals surface area (Å²) in [6.45, 7) is 0.842. The minimum absolute atomic E-state index is 0.0696. The topological polar surface area (TPSA) is 29.1 Å². The summed E-state index contributed by atoms with van der Waals surface area (Å²) in [5.41, 5.74) is 2.12. The molecule has 1 heterocycles. The predicted molar refractivity (Wildman–Crippen MR) is 79.2 cm³/mol. The summed E-state index contributed by atoms with van der Waals surface area (Å²) < 4.78 is 0.563. The zero-order valence-electron chi connectivity index (χ0n) is 10.2. The van der Waals surface area contributed by atoms with E-state index in [1.807, 2.05) is 35.7 Å². The molecule has 1 aliphatic carbocycles. The van der Waals surface area contributed by atoms with Crippen LogP contribution in [0.4, 0.5) is 0 Å². The molecule has 18 heavy (non-hydrogen) atoms. The highest BCUT2D eigenvalue weighted by molar-refractivity contribution is 8.19. The number of carbonyl (C=O) groups is 1. The van der Waals surface area contributed by atoms with Crippen LogP contribution >= 0.6 is 23.5 Å². The molecule has 1 amide bonds. The maximum atomic E-state index is 11.9. The number of benzene rings is 1. The van der Waals surface area contributed by atoms with Crippen molar-refractivity contribution in [1.82, 2.24) is 5.32 Å². The molecule has 0 unspecified atom stereocenters. The molecule has 1 saturated heterocycles. The number of carbonyl (C=O) groups excluding carboxylic acids is 1. The zero-order chi connectivity index (χ0) is 12.4. The number of thioether (sulfide) groups is 2. The maximum Gasteiger partial charge on any atom is 0.251 e. The monoisotopic (exact) mass is 279 g/mol. The summed E-state index contributed by atoms with van der Waals surface area (Å²) >= 11 is 3.99. The van der Waals surface area contributed by atoms with Gasteiger partial charge in [0.05, 0.1) is 4.58 Å². The number of nitrogens with one attached hydrogen (secondary N) is 1. The third-order valence-corrected chi connectivity index (χ3v) is 6.42. The van der Waals surface area contributed by atoms with Crippen molar-refractivity contribution in [3.8, 4) is 0 Å². The van der Waals surface area contributed by atoms with Gasteiger partial charge in [0.1, 0.15) is 0 Å². The normalized spacial score (nSPS) is 20.0. The van der Waals surface area contributed by atoms with Crippen LogP contribution in [-0.2, 0) is 0 Å². The Labute approximate surface area is 116 Å². The van der Waals surface area contributed by atoms with Gasteiger partial charge in [-0.2, -0.15) is 0 Å². The second kappa shape index (κ2) is 5.57. The van der Waals surface area contributed by atoms with E-state index < -0.39 is 0 Å². The first-order valence-electron chi connectivity index (χ1n) is 6.44. The van der Waals surface area contributed by atoms with Gasteiger partial charge in [-0.1, -0.05) is 12.1 Å². The standard InChI is InChI=1S/C14H17NOS2/c16-13(15-9-10-1-2-10)11-3-5-12(6-4-11)14-17-7-8-18-14/h3-6,10,14H,1-2,7-9H2,(H,15,16).